The number of aliphatic hydroxyl groups excluding tert-OH is 1. The molecular weight excluding hydrogens is 381 g/mol. The molecule has 1 atom stereocenters. The third kappa shape index (κ3) is 4.96. The van der Waals surface area contributed by atoms with Crippen LogP contribution in [0.4, 0.5) is 0 Å². The normalized spacial score (nSPS) is 26.3. The molecule has 21 heavy (non-hydrogen) atoms. The molecule has 0 amide bonds. The Labute approximate surface area is 145 Å². The number of aliphatic imine (C=N–C) groups is 1. The van der Waals surface area contributed by atoms with Crippen LogP contribution in [0.5, 0.6) is 0 Å². The van der Waals surface area contributed by atoms with Crippen molar-refractivity contribution in [1.82, 2.24) is 10.2 Å². The number of halogens is 1. The van der Waals surface area contributed by atoms with Gasteiger partial charge in [0.05, 0.1) is 13.2 Å². The zero-order valence-corrected chi connectivity index (χ0v) is 15.9. The van der Waals surface area contributed by atoms with E-state index in [0.717, 1.165) is 38.8 Å². The number of nitrogens with one attached hydrogen (secondary N) is 1. The van der Waals surface area contributed by atoms with Crippen LogP contribution in [0.1, 0.15) is 33.6 Å². The summed E-state index contributed by atoms with van der Waals surface area (Å²) in [6.45, 7) is 11.7. The number of nitrogens with zero attached hydrogens (tertiary/aromatic N) is 2. The monoisotopic (exact) mass is 411 g/mol. The van der Waals surface area contributed by atoms with Crippen LogP contribution in [0.15, 0.2) is 4.99 Å². The second-order valence-electron chi connectivity index (χ2n) is 6.97. The standard InChI is InChI=1S/C15H29N3O2.HI/c1-4-16-13(17-9-14(2,3)11-19)18-7-5-15(10-18)6-8-20-12-15;/h19H,4-12H2,1-3H3,(H,16,17);1H. The van der Waals surface area contributed by atoms with Crippen molar-refractivity contribution in [1.29, 1.82) is 0 Å². The van der Waals surface area contributed by atoms with Crippen molar-refractivity contribution in [2.24, 2.45) is 15.8 Å². The van der Waals surface area contributed by atoms with Gasteiger partial charge in [-0.3, -0.25) is 4.99 Å². The number of likely N-dealkylation sites (tertiary alicyclic amines) is 1. The van der Waals surface area contributed by atoms with Crippen molar-refractivity contribution in [3.05, 3.63) is 0 Å². The lowest BCUT2D eigenvalue weighted by atomic mass is 9.87. The maximum atomic E-state index is 9.35. The average Bonchev–Trinajstić information content (AvgIpc) is 3.06. The third-order valence-corrected chi connectivity index (χ3v) is 4.34. The summed E-state index contributed by atoms with van der Waals surface area (Å²) >= 11 is 0. The molecule has 0 aromatic rings. The van der Waals surface area contributed by atoms with Crippen molar-refractivity contribution < 1.29 is 9.84 Å². The Balaban J connectivity index is 0.00000220. The predicted molar refractivity (Wildman–Crippen MR) is 96.3 cm³/mol. The van der Waals surface area contributed by atoms with Gasteiger partial charge in [-0.2, -0.15) is 0 Å². The van der Waals surface area contributed by atoms with Gasteiger partial charge in [0.1, 0.15) is 0 Å². The van der Waals surface area contributed by atoms with Gasteiger partial charge in [-0.1, -0.05) is 13.8 Å². The molecule has 2 saturated heterocycles. The number of aliphatic hydroxyl groups is 1. The molecule has 2 N–H and O–H groups in total. The Morgan fingerprint density at radius 1 is 1.43 bits per heavy atom. The minimum absolute atomic E-state index is 0. The lowest BCUT2D eigenvalue weighted by Gasteiger charge is -2.26. The molecule has 2 fully saturated rings. The Bertz CT molecular complexity index is 355. The Morgan fingerprint density at radius 3 is 2.76 bits per heavy atom. The quantitative estimate of drug-likeness (QED) is 0.420. The minimum Gasteiger partial charge on any atom is -0.396 e. The van der Waals surface area contributed by atoms with Gasteiger partial charge in [0.2, 0.25) is 0 Å². The zero-order chi connectivity index (χ0) is 14.6. The van der Waals surface area contributed by atoms with Crippen molar-refractivity contribution >= 4 is 29.9 Å². The van der Waals surface area contributed by atoms with Crippen LogP contribution in [0.3, 0.4) is 0 Å². The Kier molecular flexibility index (Phi) is 7.19. The van der Waals surface area contributed by atoms with Gasteiger partial charge in [0.25, 0.3) is 0 Å². The molecule has 0 bridgehead atoms. The van der Waals surface area contributed by atoms with Crippen LogP contribution in [0.25, 0.3) is 0 Å². The molecule has 0 aromatic carbocycles. The Morgan fingerprint density at radius 2 is 2.19 bits per heavy atom. The summed E-state index contributed by atoms with van der Waals surface area (Å²) < 4.78 is 5.58. The third-order valence-electron chi connectivity index (χ3n) is 4.34. The van der Waals surface area contributed by atoms with Crippen LogP contribution >= 0.6 is 24.0 Å². The SMILES string of the molecule is CCNC(=NCC(C)(C)CO)N1CCC2(CCOC2)C1.I. The van der Waals surface area contributed by atoms with E-state index in [2.05, 4.69) is 17.1 Å². The van der Waals surface area contributed by atoms with E-state index >= 15 is 0 Å². The molecule has 0 aliphatic carbocycles. The van der Waals surface area contributed by atoms with E-state index in [-0.39, 0.29) is 36.0 Å². The van der Waals surface area contributed by atoms with Gasteiger partial charge in [-0.15, -0.1) is 24.0 Å². The molecule has 5 nitrogen and oxygen atoms in total. The second-order valence-corrected chi connectivity index (χ2v) is 6.97. The van der Waals surface area contributed by atoms with Crippen molar-refractivity contribution in [2.45, 2.75) is 33.6 Å². The molecule has 1 spiro atoms. The summed E-state index contributed by atoms with van der Waals surface area (Å²) in [5, 5.41) is 12.7. The minimum atomic E-state index is -0.158. The highest BCUT2D eigenvalue weighted by Gasteiger charge is 2.42. The van der Waals surface area contributed by atoms with Crippen molar-refractivity contribution in [2.75, 3.05) is 46.0 Å². The average molecular weight is 411 g/mol. The van der Waals surface area contributed by atoms with Gasteiger partial charge in [0.15, 0.2) is 5.96 Å². The molecule has 0 radical (unpaired) electrons. The Hall–Kier alpha value is -0.0800. The van der Waals surface area contributed by atoms with Gasteiger partial charge in [-0.05, 0) is 19.8 Å². The van der Waals surface area contributed by atoms with Crippen LogP contribution in [-0.4, -0.2) is 62.0 Å². The summed E-state index contributed by atoms with van der Waals surface area (Å²) in [7, 11) is 0. The molecule has 2 rings (SSSR count). The second kappa shape index (κ2) is 7.97. The summed E-state index contributed by atoms with van der Waals surface area (Å²) in [5.74, 6) is 0.984. The van der Waals surface area contributed by atoms with E-state index in [1.54, 1.807) is 0 Å². The molecule has 2 aliphatic heterocycles. The lowest BCUT2D eigenvalue weighted by molar-refractivity contribution is 0.156. The molecule has 124 valence electrons. The van der Waals surface area contributed by atoms with Gasteiger partial charge >= 0.3 is 0 Å². The first kappa shape index (κ1) is 19.0. The van der Waals surface area contributed by atoms with Crippen molar-refractivity contribution in [3.63, 3.8) is 0 Å². The first-order valence-electron chi connectivity index (χ1n) is 7.72. The van der Waals surface area contributed by atoms with Crippen LogP contribution in [0, 0.1) is 10.8 Å². The van der Waals surface area contributed by atoms with E-state index < -0.39 is 0 Å². The molecule has 0 aromatic heterocycles. The largest absolute Gasteiger partial charge is 0.396 e. The number of hydrogen-bond acceptors (Lipinski definition) is 3. The summed E-state index contributed by atoms with van der Waals surface area (Å²) in [4.78, 5) is 7.08. The van der Waals surface area contributed by atoms with E-state index in [9.17, 15) is 5.11 Å². The van der Waals surface area contributed by atoms with E-state index in [0.29, 0.717) is 12.0 Å². The molecule has 2 heterocycles. The smallest absolute Gasteiger partial charge is 0.193 e. The highest BCUT2D eigenvalue weighted by molar-refractivity contribution is 14.0. The van der Waals surface area contributed by atoms with E-state index in [1.807, 2.05) is 13.8 Å². The summed E-state index contributed by atoms with van der Waals surface area (Å²) in [6.07, 6.45) is 2.37. The summed E-state index contributed by atoms with van der Waals surface area (Å²) in [6, 6.07) is 0. The van der Waals surface area contributed by atoms with Gasteiger partial charge in [0, 0.05) is 43.7 Å². The first-order valence-corrected chi connectivity index (χ1v) is 7.72. The topological polar surface area (TPSA) is 57.1 Å². The predicted octanol–water partition coefficient (Wildman–Crippen LogP) is 1.70. The highest BCUT2D eigenvalue weighted by Crippen LogP contribution is 2.38. The maximum absolute atomic E-state index is 9.35. The molecule has 0 saturated carbocycles. The number of ether oxygens (including phenoxy) is 1. The highest BCUT2D eigenvalue weighted by atomic mass is 127. The molecule has 6 heteroatoms. The fourth-order valence-electron chi connectivity index (χ4n) is 2.85. The van der Waals surface area contributed by atoms with E-state index in [4.69, 9.17) is 9.73 Å². The summed E-state index contributed by atoms with van der Waals surface area (Å²) in [5.41, 5.74) is 0.192. The lowest BCUT2D eigenvalue weighted by Crippen LogP contribution is -2.42. The van der Waals surface area contributed by atoms with E-state index in [1.165, 1.54) is 12.8 Å². The number of guanidine groups is 1. The van der Waals surface area contributed by atoms with Crippen LogP contribution in [-0.2, 0) is 4.74 Å². The van der Waals surface area contributed by atoms with Gasteiger partial charge in [-0.25, -0.2) is 0 Å². The molecule has 1 unspecified atom stereocenters. The fourth-order valence-corrected chi connectivity index (χ4v) is 2.85. The van der Waals surface area contributed by atoms with Crippen LogP contribution < -0.4 is 5.32 Å². The van der Waals surface area contributed by atoms with Crippen molar-refractivity contribution in [3.8, 4) is 0 Å². The number of rotatable bonds is 4. The maximum Gasteiger partial charge on any atom is 0.193 e. The molecule has 2 aliphatic rings. The van der Waals surface area contributed by atoms with Gasteiger partial charge < -0.3 is 20.1 Å². The fraction of sp³-hybridized carbons (Fsp3) is 0.933. The van der Waals surface area contributed by atoms with Crippen LogP contribution in [0.2, 0.25) is 0 Å². The zero-order valence-electron chi connectivity index (χ0n) is 13.5. The first-order chi connectivity index (χ1) is 9.50. The number of hydrogen-bond donors (Lipinski definition) is 2. The molecular formula is C15H30IN3O2.